The predicted molar refractivity (Wildman–Crippen MR) is 99.3 cm³/mol. The summed E-state index contributed by atoms with van der Waals surface area (Å²) in [6.07, 6.45) is 4.90. The summed E-state index contributed by atoms with van der Waals surface area (Å²) >= 11 is 1.50. The van der Waals surface area contributed by atoms with E-state index >= 15 is 0 Å². The SMILES string of the molecule is Cn1ccnc1SCCNC(=O)c1cc(F)cc(NC(=O)c2ccco2)c1. The van der Waals surface area contributed by atoms with Crippen LogP contribution in [-0.4, -0.2) is 33.7 Å². The summed E-state index contributed by atoms with van der Waals surface area (Å²) in [5.41, 5.74) is 0.288. The minimum absolute atomic E-state index is 0.0940. The monoisotopic (exact) mass is 388 g/mol. The number of amides is 2. The van der Waals surface area contributed by atoms with E-state index in [-0.39, 0.29) is 17.0 Å². The van der Waals surface area contributed by atoms with E-state index in [9.17, 15) is 14.0 Å². The number of nitrogens with one attached hydrogen (secondary N) is 2. The maximum Gasteiger partial charge on any atom is 0.291 e. The van der Waals surface area contributed by atoms with Crippen LogP contribution in [0, 0.1) is 5.82 Å². The lowest BCUT2D eigenvalue weighted by Gasteiger charge is -2.08. The molecule has 140 valence electrons. The normalized spacial score (nSPS) is 10.6. The minimum Gasteiger partial charge on any atom is -0.459 e. The molecule has 0 fully saturated rings. The summed E-state index contributed by atoms with van der Waals surface area (Å²) in [6.45, 7) is 0.390. The lowest BCUT2D eigenvalue weighted by Crippen LogP contribution is -2.26. The standard InChI is InChI=1S/C18H17FN4O3S/c1-23-6-4-21-18(23)27-8-5-20-16(24)12-9-13(19)11-14(10-12)22-17(25)15-3-2-7-26-15/h2-4,6-7,9-11H,5,8H2,1H3,(H,20,24)(H,22,25). The average molecular weight is 388 g/mol. The number of thioether (sulfide) groups is 1. The summed E-state index contributed by atoms with van der Waals surface area (Å²) in [5.74, 6) is -0.864. The number of nitrogens with zero attached hydrogens (tertiary/aromatic N) is 2. The van der Waals surface area contributed by atoms with Gasteiger partial charge in [-0.25, -0.2) is 9.37 Å². The van der Waals surface area contributed by atoms with Gasteiger partial charge in [-0.15, -0.1) is 0 Å². The predicted octanol–water partition coefficient (Wildman–Crippen LogP) is 2.93. The number of imidazole rings is 1. The first-order chi connectivity index (χ1) is 13.0. The minimum atomic E-state index is -0.625. The molecule has 2 heterocycles. The number of carbonyl (C=O) groups excluding carboxylic acids is 2. The van der Waals surface area contributed by atoms with E-state index in [1.165, 1.54) is 30.2 Å². The first kappa shape index (κ1) is 18.7. The van der Waals surface area contributed by atoms with Gasteiger partial charge in [-0.3, -0.25) is 9.59 Å². The maximum absolute atomic E-state index is 13.8. The van der Waals surface area contributed by atoms with Gasteiger partial charge in [0.25, 0.3) is 11.8 Å². The van der Waals surface area contributed by atoms with E-state index in [1.54, 1.807) is 12.3 Å². The molecule has 3 aromatic rings. The van der Waals surface area contributed by atoms with E-state index in [0.29, 0.717) is 12.3 Å². The smallest absolute Gasteiger partial charge is 0.291 e. The van der Waals surface area contributed by atoms with E-state index in [2.05, 4.69) is 15.6 Å². The molecule has 3 rings (SSSR count). The molecule has 0 aliphatic heterocycles. The Kier molecular flexibility index (Phi) is 5.92. The Bertz CT molecular complexity index is 940. The van der Waals surface area contributed by atoms with Gasteiger partial charge in [0.05, 0.1) is 6.26 Å². The van der Waals surface area contributed by atoms with Gasteiger partial charge in [-0.1, -0.05) is 11.8 Å². The molecule has 0 spiro atoms. The third-order valence-corrected chi connectivity index (χ3v) is 4.62. The Morgan fingerprint density at radius 3 is 2.85 bits per heavy atom. The van der Waals surface area contributed by atoms with Crippen molar-refractivity contribution in [1.82, 2.24) is 14.9 Å². The highest BCUT2D eigenvalue weighted by Gasteiger charge is 2.13. The van der Waals surface area contributed by atoms with Crippen LogP contribution in [0.4, 0.5) is 10.1 Å². The molecular formula is C18H17FN4O3S. The molecule has 2 aromatic heterocycles. The molecule has 0 bridgehead atoms. The van der Waals surface area contributed by atoms with E-state index < -0.39 is 17.6 Å². The third-order valence-electron chi connectivity index (χ3n) is 3.56. The zero-order chi connectivity index (χ0) is 19.2. The fourth-order valence-electron chi connectivity index (χ4n) is 2.29. The van der Waals surface area contributed by atoms with Crippen LogP contribution in [0.15, 0.2) is 58.6 Å². The van der Waals surface area contributed by atoms with Crippen molar-refractivity contribution in [1.29, 1.82) is 0 Å². The number of hydrogen-bond acceptors (Lipinski definition) is 5. The fourth-order valence-corrected chi connectivity index (χ4v) is 3.08. The van der Waals surface area contributed by atoms with Crippen molar-refractivity contribution < 1.29 is 18.4 Å². The summed E-state index contributed by atoms with van der Waals surface area (Å²) < 4.78 is 20.7. The van der Waals surface area contributed by atoms with Crippen LogP contribution in [0.2, 0.25) is 0 Å². The Morgan fingerprint density at radius 2 is 2.15 bits per heavy atom. The largest absolute Gasteiger partial charge is 0.459 e. The molecule has 0 atom stereocenters. The quantitative estimate of drug-likeness (QED) is 0.480. The van der Waals surface area contributed by atoms with E-state index in [1.807, 2.05) is 17.8 Å². The van der Waals surface area contributed by atoms with Crippen LogP contribution in [0.5, 0.6) is 0 Å². The summed E-state index contributed by atoms with van der Waals surface area (Å²) in [4.78, 5) is 28.4. The number of rotatable bonds is 7. The molecule has 2 amide bonds. The molecular weight excluding hydrogens is 371 g/mol. The zero-order valence-corrected chi connectivity index (χ0v) is 15.3. The second kappa shape index (κ2) is 8.54. The lowest BCUT2D eigenvalue weighted by atomic mass is 10.1. The zero-order valence-electron chi connectivity index (χ0n) is 14.4. The molecule has 0 aliphatic rings. The number of aromatic nitrogens is 2. The van der Waals surface area contributed by atoms with Crippen molar-refractivity contribution in [3.63, 3.8) is 0 Å². The van der Waals surface area contributed by atoms with Crippen LogP contribution in [-0.2, 0) is 7.05 Å². The molecule has 1 aromatic carbocycles. The average Bonchev–Trinajstić information content (AvgIpc) is 3.30. The van der Waals surface area contributed by atoms with Crippen molar-refractivity contribution in [2.75, 3.05) is 17.6 Å². The Morgan fingerprint density at radius 1 is 1.30 bits per heavy atom. The van der Waals surface area contributed by atoms with Gasteiger partial charge < -0.3 is 19.6 Å². The Labute approximate surface area is 159 Å². The maximum atomic E-state index is 13.8. The first-order valence-electron chi connectivity index (χ1n) is 8.06. The molecule has 9 heteroatoms. The topological polar surface area (TPSA) is 89.2 Å². The van der Waals surface area contributed by atoms with Crippen molar-refractivity contribution in [2.24, 2.45) is 7.05 Å². The van der Waals surface area contributed by atoms with Gasteiger partial charge in [0, 0.05) is 43.0 Å². The van der Waals surface area contributed by atoms with Crippen LogP contribution in [0.1, 0.15) is 20.9 Å². The van der Waals surface area contributed by atoms with Crippen LogP contribution < -0.4 is 10.6 Å². The third kappa shape index (κ3) is 4.98. The van der Waals surface area contributed by atoms with Crippen molar-refractivity contribution in [3.05, 3.63) is 66.1 Å². The highest BCUT2D eigenvalue weighted by atomic mass is 32.2. The van der Waals surface area contributed by atoms with Crippen molar-refractivity contribution in [3.8, 4) is 0 Å². The number of aryl methyl sites for hydroxylation is 1. The number of hydrogen-bond donors (Lipinski definition) is 2. The van der Waals surface area contributed by atoms with Crippen LogP contribution >= 0.6 is 11.8 Å². The van der Waals surface area contributed by atoms with E-state index in [4.69, 9.17) is 4.42 Å². The number of anilines is 1. The highest BCUT2D eigenvalue weighted by molar-refractivity contribution is 7.99. The van der Waals surface area contributed by atoms with Crippen molar-refractivity contribution in [2.45, 2.75) is 5.16 Å². The Balaban J connectivity index is 1.57. The van der Waals surface area contributed by atoms with Crippen molar-refractivity contribution >= 4 is 29.3 Å². The molecule has 7 nitrogen and oxygen atoms in total. The van der Waals surface area contributed by atoms with Crippen LogP contribution in [0.25, 0.3) is 0 Å². The molecule has 27 heavy (non-hydrogen) atoms. The molecule has 0 aliphatic carbocycles. The van der Waals surface area contributed by atoms with Gasteiger partial charge in [0.15, 0.2) is 10.9 Å². The first-order valence-corrected chi connectivity index (χ1v) is 9.05. The van der Waals surface area contributed by atoms with Gasteiger partial charge in [0.2, 0.25) is 0 Å². The van der Waals surface area contributed by atoms with Gasteiger partial charge in [-0.05, 0) is 30.3 Å². The summed E-state index contributed by atoms with van der Waals surface area (Å²) in [5, 5.41) is 6.07. The molecule has 0 unspecified atom stereocenters. The van der Waals surface area contributed by atoms with Gasteiger partial charge in [-0.2, -0.15) is 0 Å². The molecule has 0 saturated heterocycles. The fraction of sp³-hybridized carbons (Fsp3) is 0.167. The number of carbonyl (C=O) groups is 2. The summed E-state index contributed by atoms with van der Waals surface area (Å²) in [7, 11) is 1.89. The Hall–Kier alpha value is -3.07. The molecule has 2 N–H and O–H groups in total. The lowest BCUT2D eigenvalue weighted by molar-refractivity contribution is 0.0953. The number of furan rings is 1. The van der Waals surface area contributed by atoms with Crippen LogP contribution in [0.3, 0.4) is 0 Å². The second-order valence-corrected chi connectivity index (χ2v) is 6.65. The molecule has 0 radical (unpaired) electrons. The number of benzene rings is 1. The highest BCUT2D eigenvalue weighted by Crippen LogP contribution is 2.16. The van der Waals surface area contributed by atoms with Gasteiger partial charge >= 0.3 is 0 Å². The second-order valence-electron chi connectivity index (χ2n) is 5.59. The van der Waals surface area contributed by atoms with E-state index in [0.717, 1.165) is 17.3 Å². The van der Waals surface area contributed by atoms with Gasteiger partial charge in [0.1, 0.15) is 5.82 Å². The summed E-state index contributed by atoms with van der Waals surface area (Å²) in [6, 6.07) is 6.72. The number of halogens is 1. The molecule has 0 saturated carbocycles.